The van der Waals surface area contributed by atoms with Gasteiger partial charge in [0.15, 0.2) is 5.82 Å². The summed E-state index contributed by atoms with van der Waals surface area (Å²) in [7, 11) is 0. The van der Waals surface area contributed by atoms with Gasteiger partial charge in [0.2, 0.25) is 11.8 Å². The fourth-order valence-corrected chi connectivity index (χ4v) is 1.33. The Morgan fingerprint density at radius 2 is 2.33 bits per heavy atom. The SMILES string of the molecule is Cc1nc(CN2CCC(=O)NC2=O)no1. The number of hydrogen-bond donors (Lipinski definition) is 1. The monoisotopic (exact) mass is 210 g/mol. The highest BCUT2D eigenvalue weighted by atomic mass is 16.5. The molecule has 0 aromatic carbocycles. The third-order valence-electron chi connectivity index (χ3n) is 2.04. The predicted octanol–water partition coefficient (Wildman–Crippen LogP) is -0.180. The fraction of sp³-hybridized carbons (Fsp3) is 0.500. The summed E-state index contributed by atoms with van der Waals surface area (Å²) < 4.78 is 4.78. The van der Waals surface area contributed by atoms with Gasteiger partial charge < -0.3 is 9.42 Å². The Morgan fingerprint density at radius 3 is 2.93 bits per heavy atom. The van der Waals surface area contributed by atoms with Gasteiger partial charge in [0.05, 0.1) is 6.54 Å². The van der Waals surface area contributed by atoms with Crippen molar-refractivity contribution in [3.63, 3.8) is 0 Å². The molecular weight excluding hydrogens is 200 g/mol. The summed E-state index contributed by atoms with van der Waals surface area (Å²) in [5.41, 5.74) is 0. The van der Waals surface area contributed by atoms with Crippen molar-refractivity contribution >= 4 is 11.9 Å². The molecule has 80 valence electrons. The molecule has 0 bridgehead atoms. The average molecular weight is 210 g/mol. The molecule has 0 spiro atoms. The lowest BCUT2D eigenvalue weighted by Crippen LogP contribution is -2.49. The van der Waals surface area contributed by atoms with Gasteiger partial charge in [-0.25, -0.2) is 4.79 Å². The molecule has 15 heavy (non-hydrogen) atoms. The van der Waals surface area contributed by atoms with Gasteiger partial charge in [0.25, 0.3) is 0 Å². The molecule has 3 amide bonds. The van der Waals surface area contributed by atoms with Crippen LogP contribution >= 0.6 is 0 Å². The van der Waals surface area contributed by atoms with Crippen LogP contribution in [0.25, 0.3) is 0 Å². The van der Waals surface area contributed by atoms with Crippen molar-refractivity contribution in [1.82, 2.24) is 20.4 Å². The predicted molar refractivity (Wildman–Crippen MR) is 47.6 cm³/mol. The number of aryl methyl sites for hydroxylation is 1. The summed E-state index contributed by atoms with van der Waals surface area (Å²) in [6.07, 6.45) is 0.308. The van der Waals surface area contributed by atoms with Gasteiger partial charge in [0.1, 0.15) is 0 Å². The van der Waals surface area contributed by atoms with Crippen molar-refractivity contribution in [2.75, 3.05) is 6.54 Å². The lowest BCUT2D eigenvalue weighted by molar-refractivity contribution is -0.121. The van der Waals surface area contributed by atoms with Crippen molar-refractivity contribution in [3.8, 4) is 0 Å². The third-order valence-corrected chi connectivity index (χ3v) is 2.04. The molecule has 2 rings (SSSR count). The highest BCUT2D eigenvalue weighted by Crippen LogP contribution is 2.05. The van der Waals surface area contributed by atoms with Crippen LogP contribution in [0.3, 0.4) is 0 Å². The molecule has 1 aromatic heterocycles. The first kappa shape index (κ1) is 9.63. The minimum Gasteiger partial charge on any atom is -0.340 e. The van der Waals surface area contributed by atoms with E-state index in [4.69, 9.17) is 4.52 Å². The molecule has 0 unspecified atom stereocenters. The third kappa shape index (κ3) is 2.12. The van der Waals surface area contributed by atoms with Crippen LogP contribution in [-0.4, -0.2) is 33.5 Å². The number of carbonyl (C=O) groups excluding carboxylic acids is 2. The number of aromatic nitrogens is 2. The van der Waals surface area contributed by atoms with Crippen molar-refractivity contribution in [2.45, 2.75) is 19.9 Å². The number of nitrogens with one attached hydrogen (secondary N) is 1. The summed E-state index contributed by atoms with van der Waals surface area (Å²) in [6, 6.07) is -0.409. The summed E-state index contributed by atoms with van der Waals surface area (Å²) >= 11 is 0. The van der Waals surface area contributed by atoms with Crippen LogP contribution in [0.5, 0.6) is 0 Å². The van der Waals surface area contributed by atoms with Crippen LogP contribution in [0.2, 0.25) is 0 Å². The van der Waals surface area contributed by atoms with Gasteiger partial charge in [-0.3, -0.25) is 10.1 Å². The first-order valence-electron chi connectivity index (χ1n) is 4.53. The average Bonchev–Trinajstić information content (AvgIpc) is 2.56. The number of rotatable bonds is 2. The quantitative estimate of drug-likeness (QED) is 0.731. The Balaban J connectivity index is 2.00. The van der Waals surface area contributed by atoms with Gasteiger partial charge >= 0.3 is 6.03 Å². The van der Waals surface area contributed by atoms with E-state index in [0.717, 1.165) is 0 Å². The maximum atomic E-state index is 11.3. The minimum absolute atomic E-state index is 0.249. The molecule has 1 aliphatic heterocycles. The Bertz CT molecular complexity index is 400. The van der Waals surface area contributed by atoms with Crippen LogP contribution in [0, 0.1) is 6.92 Å². The highest BCUT2D eigenvalue weighted by Gasteiger charge is 2.24. The Hall–Kier alpha value is -1.92. The lowest BCUT2D eigenvalue weighted by Gasteiger charge is -2.24. The molecule has 1 N–H and O–H groups in total. The van der Waals surface area contributed by atoms with E-state index in [1.807, 2.05) is 0 Å². The molecule has 0 atom stereocenters. The summed E-state index contributed by atoms with van der Waals surface area (Å²) in [4.78, 5) is 27.6. The van der Waals surface area contributed by atoms with Crippen LogP contribution in [0.1, 0.15) is 18.1 Å². The molecule has 1 aliphatic rings. The molecule has 7 heteroatoms. The molecular formula is C8H10N4O3. The number of carbonyl (C=O) groups is 2. The molecule has 0 aliphatic carbocycles. The summed E-state index contributed by atoms with van der Waals surface area (Å²) in [5, 5.41) is 5.89. The van der Waals surface area contributed by atoms with E-state index >= 15 is 0 Å². The Labute approximate surface area is 85.4 Å². The zero-order valence-electron chi connectivity index (χ0n) is 8.19. The number of urea groups is 1. The molecule has 7 nitrogen and oxygen atoms in total. The van der Waals surface area contributed by atoms with Gasteiger partial charge in [-0.15, -0.1) is 0 Å². The van der Waals surface area contributed by atoms with Gasteiger partial charge in [-0.1, -0.05) is 5.16 Å². The smallest absolute Gasteiger partial charge is 0.324 e. The Kier molecular flexibility index (Phi) is 2.36. The number of imide groups is 1. The molecule has 1 fully saturated rings. The normalized spacial score (nSPS) is 16.7. The van der Waals surface area contributed by atoms with E-state index in [9.17, 15) is 9.59 Å². The summed E-state index contributed by atoms with van der Waals surface area (Å²) in [5.74, 6) is 0.649. The first-order valence-corrected chi connectivity index (χ1v) is 4.53. The molecule has 0 radical (unpaired) electrons. The second kappa shape index (κ2) is 3.68. The van der Waals surface area contributed by atoms with E-state index < -0.39 is 6.03 Å². The topological polar surface area (TPSA) is 88.3 Å². The molecule has 1 aromatic rings. The van der Waals surface area contributed by atoms with Crippen LogP contribution in [-0.2, 0) is 11.3 Å². The molecule has 1 saturated heterocycles. The summed E-state index contributed by atoms with van der Waals surface area (Å²) in [6.45, 7) is 2.32. The maximum absolute atomic E-state index is 11.3. The standard InChI is InChI=1S/C8H10N4O3/c1-5-9-6(11-15-5)4-12-3-2-7(13)10-8(12)14/h2-4H2,1H3,(H,10,13,14). The van der Waals surface area contributed by atoms with E-state index in [0.29, 0.717) is 24.7 Å². The number of nitrogens with zero attached hydrogens (tertiary/aromatic N) is 3. The molecule has 0 saturated carbocycles. The van der Waals surface area contributed by atoms with Crippen molar-refractivity contribution in [3.05, 3.63) is 11.7 Å². The molecule has 2 heterocycles. The minimum atomic E-state index is -0.409. The van der Waals surface area contributed by atoms with E-state index in [-0.39, 0.29) is 12.5 Å². The maximum Gasteiger partial charge on any atom is 0.324 e. The Morgan fingerprint density at radius 1 is 1.53 bits per heavy atom. The van der Waals surface area contributed by atoms with Gasteiger partial charge in [-0.05, 0) is 0 Å². The largest absolute Gasteiger partial charge is 0.340 e. The lowest BCUT2D eigenvalue weighted by atomic mass is 10.3. The fourth-order valence-electron chi connectivity index (χ4n) is 1.33. The van der Waals surface area contributed by atoms with E-state index in [1.54, 1.807) is 6.92 Å². The van der Waals surface area contributed by atoms with Crippen molar-refractivity contribution in [1.29, 1.82) is 0 Å². The first-order chi connectivity index (χ1) is 7.15. The second-order valence-corrected chi connectivity index (χ2v) is 3.25. The van der Waals surface area contributed by atoms with Gasteiger partial charge in [-0.2, -0.15) is 4.98 Å². The van der Waals surface area contributed by atoms with E-state index in [1.165, 1.54) is 4.90 Å². The zero-order chi connectivity index (χ0) is 10.8. The number of hydrogen-bond acceptors (Lipinski definition) is 5. The van der Waals surface area contributed by atoms with Gasteiger partial charge in [0, 0.05) is 19.9 Å². The van der Waals surface area contributed by atoms with E-state index in [2.05, 4.69) is 15.5 Å². The van der Waals surface area contributed by atoms with Crippen molar-refractivity contribution in [2.24, 2.45) is 0 Å². The number of amides is 3. The second-order valence-electron chi connectivity index (χ2n) is 3.25. The zero-order valence-corrected chi connectivity index (χ0v) is 8.19. The van der Waals surface area contributed by atoms with Crippen LogP contribution in [0.15, 0.2) is 4.52 Å². The van der Waals surface area contributed by atoms with Crippen molar-refractivity contribution < 1.29 is 14.1 Å². The highest BCUT2D eigenvalue weighted by molar-refractivity contribution is 5.96. The van der Waals surface area contributed by atoms with Crippen LogP contribution < -0.4 is 5.32 Å². The van der Waals surface area contributed by atoms with Crippen LogP contribution in [0.4, 0.5) is 4.79 Å².